The lowest BCUT2D eigenvalue weighted by molar-refractivity contribution is 0.304. The third-order valence-corrected chi connectivity index (χ3v) is 2.82. The molecule has 0 fully saturated rings. The van der Waals surface area contributed by atoms with Crippen molar-refractivity contribution in [2.75, 3.05) is 7.11 Å². The van der Waals surface area contributed by atoms with Crippen molar-refractivity contribution in [2.45, 2.75) is 6.61 Å². The fourth-order valence-electron chi connectivity index (χ4n) is 1.75. The summed E-state index contributed by atoms with van der Waals surface area (Å²) in [5.74, 6) is 0.920. The van der Waals surface area contributed by atoms with Gasteiger partial charge in [0.2, 0.25) is 0 Å². The van der Waals surface area contributed by atoms with Crippen molar-refractivity contribution < 1.29 is 19.5 Å². The van der Waals surface area contributed by atoms with E-state index in [1.807, 2.05) is 0 Å². The summed E-state index contributed by atoms with van der Waals surface area (Å²) in [6.45, 7) is 0.228. The third-order valence-electron chi connectivity index (χ3n) is 2.82. The number of hydrogen-bond donors (Lipinski definition) is 2. The molecule has 2 N–H and O–H groups in total. The summed E-state index contributed by atoms with van der Waals surface area (Å²) in [5.41, 5.74) is 1.47. The number of ether oxygens (including phenoxy) is 2. The second-order valence-corrected chi connectivity index (χ2v) is 4.26. The van der Waals surface area contributed by atoms with Crippen molar-refractivity contribution in [3.63, 3.8) is 0 Å². The van der Waals surface area contributed by atoms with Crippen molar-refractivity contribution in [2.24, 2.45) is 0 Å². The highest BCUT2D eigenvalue weighted by atomic mass is 16.5. The molecule has 0 bridgehead atoms. The molecule has 106 valence electrons. The molecule has 0 atom stereocenters. The van der Waals surface area contributed by atoms with E-state index in [-0.39, 0.29) is 12.1 Å². The van der Waals surface area contributed by atoms with E-state index in [1.165, 1.54) is 25.6 Å². The van der Waals surface area contributed by atoms with Crippen LogP contribution in [0.4, 0.5) is 0 Å². The molecule has 0 amide bonds. The second kappa shape index (κ2) is 6.75. The van der Waals surface area contributed by atoms with Crippen molar-refractivity contribution in [1.29, 1.82) is 5.26 Å². The monoisotopic (exact) mass is 284 g/mol. The average Bonchev–Trinajstić information content (AvgIpc) is 2.52. The number of pyridine rings is 1. The minimum Gasteiger partial charge on any atom is -0.495 e. The lowest BCUT2D eigenvalue weighted by Gasteiger charge is -2.09. The molecule has 0 radical (unpaired) electrons. The standard InChI is InChI=1S/C14H13BN2O4/c1-20-14-3-2-10(4-11(14)6-16)9-21-13-5-12(15(18)19)7-17-8-13/h2-5,7-8,18-19H,9H2,1H3. The van der Waals surface area contributed by atoms with Gasteiger partial charge in [-0.1, -0.05) is 6.07 Å². The molecule has 0 aliphatic carbocycles. The Balaban J connectivity index is 2.10. The lowest BCUT2D eigenvalue weighted by atomic mass is 9.82. The number of hydrogen-bond acceptors (Lipinski definition) is 6. The highest BCUT2D eigenvalue weighted by Crippen LogP contribution is 2.19. The van der Waals surface area contributed by atoms with Crippen LogP contribution in [0.3, 0.4) is 0 Å². The van der Waals surface area contributed by atoms with Crippen LogP contribution in [0.25, 0.3) is 0 Å². The first-order chi connectivity index (χ1) is 10.1. The van der Waals surface area contributed by atoms with Crippen LogP contribution >= 0.6 is 0 Å². The Labute approximate surface area is 122 Å². The Hall–Kier alpha value is -2.56. The number of benzene rings is 1. The van der Waals surface area contributed by atoms with Crippen molar-refractivity contribution in [1.82, 2.24) is 4.98 Å². The minimum absolute atomic E-state index is 0.228. The van der Waals surface area contributed by atoms with E-state index in [0.29, 0.717) is 17.1 Å². The summed E-state index contributed by atoms with van der Waals surface area (Å²) in [6, 6.07) is 8.71. The van der Waals surface area contributed by atoms with Crippen LogP contribution in [0.5, 0.6) is 11.5 Å². The van der Waals surface area contributed by atoms with Gasteiger partial charge in [-0.05, 0) is 23.8 Å². The fourth-order valence-corrected chi connectivity index (χ4v) is 1.75. The molecule has 1 heterocycles. The number of aromatic nitrogens is 1. The van der Waals surface area contributed by atoms with Crippen molar-refractivity contribution in [3.05, 3.63) is 47.8 Å². The highest BCUT2D eigenvalue weighted by Gasteiger charge is 2.12. The molecule has 6 nitrogen and oxygen atoms in total. The van der Waals surface area contributed by atoms with Crippen LogP contribution < -0.4 is 14.9 Å². The molecule has 0 aliphatic heterocycles. The zero-order valence-corrected chi connectivity index (χ0v) is 11.4. The van der Waals surface area contributed by atoms with Gasteiger partial charge in [-0.15, -0.1) is 0 Å². The summed E-state index contributed by atoms with van der Waals surface area (Å²) in [5, 5.41) is 27.2. The molecule has 2 aromatic rings. The topological polar surface area (TPSA) is 95.6 Å². The van der Waals surface area contributed by atoms with Crippen molar-refractivity contribution >= 4 is 12.6 Å². The minimum atomic E-state index is -1.59. The van der Waals surface area contributed by atoms with Gasteiger partial charge in [-0.25, -0.2) is 0 Å². The first-order valence-corrected chi connectivity index (χ1v) is 6.15. The predicted octanol–water partition coefficient (Wildman–Crippen LogP) is 0.221. The first-order valence-electron chi connectivity index (χ1n) is 6.15. The van der Waals surface area contributed by atoms with Crippen molar-refractivity contribution in [3.8, 4) is 17.6 Å². The van der Waals surface area contributed by atoms with Crippen LogP contribution in [0.1, 0.15) is 11.1 Å². The molecule has 7 heteroatoms. The number of nitrogens with zero attached hydrogens (tertiary/aromatic N) is 2. The molecule has 1 aromatic heterocycles. The van der Waals surface area contributed by atoms with Crippen LogP contribution in [0.2, 0.25) is 0 Å². The number of methoxy groups -OCH3 is 1. The maximum atomic E-state index is 9.07. The summed E-state index contributed by atoms with van der Waals surface area (Å²) < 4.78 is 10.6. The van der Waals surface area contributed by atoms with E-state index in [1.54, 1.807) is 18.2 Å². The molecule has 0 unspecified atom stereocenters. The average molecular weight is 284 g/mol. The second-order valence-electron chi connectivity index (χ2n) is 4.26. The van der Waals surface area contributed by atoms with E-state index in [4.69, 9.17) is 24.8 Å². The number of rotatable bonds is 5. The third kappa shape index (κ3) is 3.72. The largest absolute Gasteiger partial charge is 0.495 e. The van der Waals surface area contributed by atoms with Gasteiger partial charge in [0.1, 0.15) is 24.2 Å². The molecular weight excluding hydrogens is 271 g/mol. The van der Waals surface area contributed by atoms with Gasteiger partial charge in [0.05, 0.1) is 18.9 Å². The summed E-state index contributed by atoms with van der Waals surface area (Å²) in [6.07, 6.45) is 2.82. The molecule has 1 aromatic carbocycles. The molecule has 2 rings (SSSR count). The molecular formula is C14H13BN2O4. The Morgan fingerprint density at radius 2 is 2.10 bits per heavy atom. The molecule has 0 aliphatic rings. The molecule has 0 spiro atoms. The Morgan fingerprint density at radius 1 is 1.29 bits per heavy atom. The van der Waals surface area contributed by atoms with Gasteiger partial charge in [0.15, 0.2) is 0 Å². The maximum absolute atomic E-state index is 9.07. The highest BCUT2D eigenvalue weighted by molar-refractivity contribution is 6.58. The zero-order valence-electron chi connectivity index (χ0n) is 11.4. The number of nitriles is 1. The van der Waals surface area contributed by atoms with Gasteiger partial charge >= 0.3 is 7.12 Å². The maximum Gasteiger partial charge on any atom is 0.490 e. The van der Waals surface area contributed by atoms with Crippen LogP contribution in [-0.2, 0) is 6.61 Å². The van der Waals surface area contributed by atoms with Crippen LogP contribution in [0.15, 0.2) is 36.7 Å². The smallest absolute Gasteiger partial charge is 0.490 e. The normalized spacial score (nSPS) is 9.81. The van der Waals surface area contributed by atoms with Gasteiger partial charge in [0, 0.05) is 11.7 Å². The van der Waals surface area contributed by atoms with Gasteiger partial charge in [-0.3, -0.25) is 4.98 Å². The summed E-state index contributed by atoms with van der Waals surface area (Å²) >= 11 is 0. The van der Waals surface area contributed by atoms with E-state index >= 15 is 0 Å². The predicted molar refractivity (Wildman–Crippen MR) is 76.1 cm³/mol. The fraction of sp³-hybridized carbons (Fsp3) is 0.143. The van der Waals surface area contributed by atoms with E-state index < -0.39 is 7.12 Å². The molecule has 0 saturated heterocycles. The lowest BCUT2D eigenvalue weighted by Crippen LogP contribution is -2.30. The molecule has 21 heavy (non-hydrogen) atoms. The summed E-state index contributed by atoms with van der Waals surface area (Å²) in [7, 11) is -0.0868. The quantitative estimate of drug-likeness (QED) is 0.763. The first kappa shape index (κ1) is 14.8. The van der Waals surface area contributed by atoms with Gasteiger partial charge < -0.3 is 19.5 Å². The SMILES string of the molecule is COc1ccc(COc2cncc(B(O)O)c2)cc1C#N. The Bertz CT molecular complexity index is 670. The Kier molecular flexibility index (Phi) is 4.77. The van der Waals surface area contributed by atoms with E-state index in [0.717, 1.165) is 5.56 Å². The van der Waals surface area contributed by atoms with E-state index in [9.17, 15) is 0 Å². The summed E-state index contributed by atoms with van der Waals surface area (Å²) in [4.78, 5) is 3.86. The zero-order chi connectivity index (χ0) is 15.2. The van der Waals surface area contributed by atoms with Crippen LogP contribution in [-0.4, -0.2) is 29.3 Å². The Morgan fingerprint density at radius 3 is 2.76 bits per heavy atom. The van der Waals surface area contributed by atoms with Gasteiger partial charge in [0.25, 0.3) is 0 Å². The van der Waals surface area contributed by atoms with Crippen LogP contribution in [0, 0.1) is 11.3 Å². The van der Waals surface area contributed by atoms with E-state index in [2.05, 4.69) is 11.1 Å². The van der Waals surface area contributed by atoms with Gasteiger partial charge in [-0.2, -0.15) is 5.26 Å². The molecule has 0 saturated carbocycles.